The van der Waals surface area contributed by atoms with Crippen LogP contribution in [0.4, 0.5) is 0 Å². The van der Waals surface area contributed by atoms with Crippen molar-refractivity contribution < 1.29 is 28.4 Å². The average molecular weight is 362 g/mol. The Morgan fingerprint density at radius 2 is 1.72 bits per heavy atom. The molecular weight excluding hydrogens is 344 g/mol. The van der Waals surface area contributed by atoms with Crippen molar-refractivity contribution in [2.24, 2.45) is 0 Å². The highest BCUT2D eigenvalue weighted by atomic mass is 32.2. The molecule has 0 aliphatic rings. The number of rotatable bonds is 8. The van der Waals surface area contributed by atoms with Gasteiger partial charge in [-0.05, 0) is 29.8 Å². The fraction of sp³-hybridized carbons (Fsp3) is 0.222. The number of ketones is 1. The molecule has 6 nitrogen and oxygen atoms in total. The number of aromatic carboxylic acids is 1. The number of carbonyl (C=O) groups excluding carboxylic acids is 1. The molecule has 132 valence electrons. The zero-order valence-electron chi connectivity index (χ0n) is 13.9. The second-order valence-electron chi connectivity index (χ2n) is 5.22. The van der Waals surface area contributed by atoms with Gasteiger partial charge in [-0.1, -0.05) is 12.1 Å². The van der Waals surface area contributed by atoms with Gasteiger partial charge in [0.25, 0.3) is 0 Å². The van der Waals surface area contributed by atoms with E-state index in [0.717, 1.165) is 0 Å². The van der Waals surface area contributed by atoms with Crippen LogP contribution in [0.2, 0.25) is 0 Å². The SMILES string of the molecule is COc1ccc(C(=O)CS(=O)Cc2ccc(C(=O)O)cc2)c(OC)c1. The van der Waals surface area contributed by atoms with E-state index in [9.17, 15) is 13.8 Å². The van der Waals surface area contributed by atoms with Crippen molar-refractivity contribution in [2.75, 3.05) is 20.0 Å². The summed E-state index contributed by atoms with van der Waals surface area (Å²) in [5.41, 5.74) is 1.21. The molecule has 1 N–H and O–H groups in total. The normalized spacial score (nSPS) is 11.6. The van der Waals surface area contributed by atoms with Crippen molar-refractivity contribution in [3.8, 4) is 11.5 Å². The minimum atomic E-state index is -1.42. The number of benzene rings is 2. The monoisotopic (exact) mass is 362 g/mol. The quantitative estimate of drug-likeness (QED) is 0.726. The van der Waals surface area contributed by atoms with Crippen molar-refractivity contribution in [3.05, 3.63) is 59.2 Å². The Morgan fingerprint density at radius 1 is 1.04 bits per heavy atom. The maximum atomic E-state index is 12.4. The Bertz CT molecular complexity index is 798. The second-order valence-corrected chi connectivity index (χ2v) is 6.68. The molecule has 1 atom stereocenters. The predicted octanol–water partition coefficient (Wildman–Crippen LogP) is 2.53. The highest BCUT2D eigenvalue weighted by Gasteiger charge is 2.16. The Hall–Kier alpha value is -2.67. The van der Waals surface area contributed by atoms with Gasteiger partial charge < -0.3 is 14.6 Å². The standard InChI is InChI=1S/C18H18O6S/c1-23-14-7-8-15(17(9-14)24-2)16(19)11-25(22)10-12-3-5-13(6-4-12)18(20)21/h3-9H,10-11H2,1-2H3,(H,20,21). The molecule has 7 heteroatoms. The molecule has 0 aliphatic carbocycles. The van der Waals surface area contributed by atoms with Gasteiger partial charge in [0, 0.05) is 22.6 Å². The number of carboxylic acid groups (broad SMARTS) is 1. The summed E-state index contributed by atoms with van der Waals surface area (Å²) < 4.78 is 22.5. The van der Waals surface area contributed by atoms with Gasteiger partial charge in [0.05, 0.1) is 31.1 Å². The Morgan fingerprint density at radius 3 is 2.28 bits per heavy atom. The maximum absolute atomic E-state index is 12.4. The molecule has 0 saturated heterocycles. The number of Topliss-reactive ketones (excluding diaryl/α,β-unsaturated/α-hetero) is 1. The smallest absolute Gasteiger partial charge is 0.335 e. The number of carboxylic acids is 1. The van der Waals surface area contributed by atoms with Crippen molar-refractivity contribution in [1.29, 1.82) is 0 Å². The topological polar surface area (TPSA) is 89.9 Å². The van der Waals surface area contributed by atoms with Gasteiger partial charge in [0.15, 0.2) is 5.78 Å². The van der Waals surface area contributed by atoms with E-state index in [1.54, 1.807) is 30.3 Å². The van der Waals surface area contributed by atoms with E-state index in [1.807, 2.05) is 0 Å². The van der Waals surface area contributed by atoms with Gasteiger partial charge in [-0.3, -0.25) is 9.00 Å². The van der Waals surface area contributed by atoms with Gasteiger partial charge in [-0.2, -0.15) is 0 Å². The van der Waals surface area contributed by atoms with Crippen LogP contribution in [-0.2, 0) is 16.6 Å². The van der Waals surface area contributed by atoms with E-state index in [2.05, 4.69) is 0 Å². The van der Waals surface area contributed by atoms with Crippen molar-refractivity contribution in [3.63, 3.8) is 0 Å². The summed E-state index contributed by atoms with van der Waals surface area (Å²) in [5.74, 6) is -0.359. The molecule has 25 heavy (non-hydrogen) atoms. The zero-order chi connectivity index (χ0) is 18.4. The van der Waals surface area contributed by atoms with E-state index < -0.39 is 16.8 Å². The van der Waals surface area contributed by atoms with E-state index >= 15 is 0 Å². The van der Waals surface area contributed by atoms with E-state index in [1.165, 1.54) is 26.4 Å². The molecule has 2 aromatic carbocycles. The lowest BCUT2D eigenvalue weighted by Crippen LogP contribution is -2.13. The van der Waals surface area contributed by atoms with Crippen molar-refractivity contribution >= 4 is 22.6 Å². The van der Waals surface area contributed by atoms with Gasteiger partial charge in [0.2, 0.25) is 0 Å². The predicted molar refractivity (Wildman–Crippen MR) is 94.0 cm³/mol. The molecule has 1 unspecified atom stereocenters. The molecule has 0 radical (unpaired) electrons. The lowest BCUT2D eigenvalue weighted by molar-refractivity contribution is 0.0696. The molecule has 0 bridgehead atoms. The molecule has 0 aromatic heterocycles. The van der Waals surface area contributed by atoms with Crippen LogP contribution in [0, 0.1) is 0 Å². The van der Waals surface area contributed by atoms with E-state index in [0.29, 0.717) is 22.6 Å². The summed E-state index contributed by atoms with van der Waals surface area (Å²) in [6.07, 6.45) is 0. The highest BCUT2D eigenvalue weighted by Crippen LogP contribution is 2.25. The van der Waals surface area contributed by atoms with E-state index in [4.69, 9.17) is 14.6 Å². The van der Waals surface area contributed by atoms with Gasteiger partial charge in [-0.15, -0.1) is 0 Å². The third-order valence-electron chi connectivity index (χ3n) is 3.53. The van der Waals surface area contributed by atoms with Crippen LogP contribution >= 0.6 is 0 Å². The Kier molecular flexibility index (Phi) is 6.30. The third-order valence-corrected chi connectivity index (χ3v) is 4.77. The number of carbonyl (C=O) groups is 2. The molecule has 2 rings (SSSR count). The number of ether oxygens (including phenoxy) is 2. The molecule has 0 amide bonds. The van der Waals surface area contributed by atoms with E-state index in [-0.39, 0.29) is 22.9 Å². The maximum Gasteiger partial charge on any atom is 0.335 e. The second kappa shape index (κ2) is 8.43. The minimum Gasteiger partial charge on any atom is -0.497 e. The molecule has 0 fully saturated rings. The first kappa shape index (κ1) is 18.7. The summed E-state index contributed by atoms with van der Waals surface area (Å²) in [7, 11) is 1.55. The first-order chi connectivity index (χ1) is 11.9. The first-order valence-corrected chi connectivity index (χ1v) is 8.86. The molecule has 0 saturated carbocycles. The lowest BCUT2D eigenvalue weighted by Gasteiger charge is -2.09. The van der Waals surface area contributed by atoms with Gasteiger partial charge in [0.1, 0.15) is 11.5 Å². The Labute approximate surface area is 147 Å². The summed E-state index contributed by atoms with van der Waals surface area (Å²) in [6, 6.07) is 10.9. The van der Waals surface area contributed by atoms with Crippen LogP contribution in [0.3, 0.4) is 0 Å². The van der Waals surface area contributed by atoms with Crippen LogP contribution in [0.1, 0.15) is 26.3 Å². The molecule has 0 aliphatic heterocycles. The van der Waals surface area contributed by atoms with Crippen molar-refractivity contribution in [1.82, 2.24) is 0 Å². The highest BCUT2D eigenvalue weighted by molar-refractivity contribution is 7.85. The van der Waals surface area contributed by atoms with Crippen LogP contribution < -0.4 is 9.47 Å². The number of methoxy groups -OCH3 is 2. The fourth-order valence-corrected chi connectivity index (χ4v) is 3.35. The summed E-state index contributed by atoms with van der Waals surface area (Å²) in [4.78, 5) is 23.2. The van der Waals surface area contributed by atoms with Crippen LogP contribution in [0.15, 0.2) is 42.5 Å². The minimum absolute atomic E-state index is 0.149. The largest absolute Gasteiger partial charge is 0.497 e. The fourth-order valence-electron chi connectivity index (χ4n) is 2.23. The van der Waals surface area contributed by atoms with Crippen LogP contribution in [0.5, 0.6) is 11.5 Å². The molecular formula is C18H18O6S. The van der Waals surface area contributed by atoms with Crippen LogP contribution in [0.25, 0.3) is 0 Å². The molecule has 2 aromatic rings. The van der Waals surface area contributed by atoms with Crippen LogP contribution in [-0.4, -0.2) is 41.0 Å². The first-order valence-electron chi connectivity index (χ1n) is 7.37. The average Bonchev–Trinajstić information content (AvgIpc) is 2.61. The van der Waals surface area contributed by atoms with Gasteiger partial charge in [-0.25, -0.2) is 4.79 Å². The summed E-state index contributed by atoms with van der Waals surface area (Å²) in [5, 5.41) is 8.86. The zero-order valence-corrected chi connectivity index (χ0v) is 14.7. The van der Waals surface area contributed by atoms with Crippen molar-refractivity contribution in [2.45, 2.75) is 5.75 Å². The number of hydrogen-bond donors (Lipinski definition) is 1. The summed E-state index contributed by atoms with van der Waals surface area (Å²) >= 11 is 0. The molecule has 0 spiro atoms. The Balaban J connectivity index is 2.05. The number of hydrogen-bond acceptors (Lipinski definition) is 5. The molecule has 0 heterocycles. The van der Waals surface area contributed by atoms with Gasteiger partial charge >= 0.3 is 5.97 Å². The lowest BCUT2D eigenvalue weighted by atomic mass is 10.1. The summed E-state index contributed by atoms with van der Waals surface area (Å²) in [6.45, 7) is 0. The third kappa shape index (κ3) is 4.90.